The van der Waals surface area contributed by atoms with E-state index < -0.39 is 0 Å². The number of hydrogen-bond donors (Lipinski definition) is 0. The zero-order valence-electron chi connectivity index (χ0n) is 9.79. The van der Waals surface area contributed by atoms with Crippen molar-refractivity contribution in [2.75, 3.05) is 0 Å². The predicted octanol–water partition coefficient (Wildman–Crippen LogP) is 3.20. The number of carbonyl (C=O) groups is 1. The third-order valence-electron chi connectivity index (χ3n) is 4.24. The van der Waals surface area contributed by atoms with Crippen LogP contribution >= 0.6 is 0 Å². The second-order valence-electron chi connectivity index (χ2n) is 5.68. The van der Waals surface area contributed by atoms with Gasteiger partial charge in [0.25, 0.3) is 0 Å². The Morgan fingerprint density at radius 3 is 2.38 bits per heavy atom. The second-order valence-corrected chi connectivity index (χ2v) is 5.68. The number of esters is 1. The Bertz CT molecular complexity index is 376. The number of ether oxygens (including phenoxy) is 1. The minimum absolute atomic E-state index is 0.241. The molecule has 0 spiro atoms. The van der Waals surface area contributed by atoms with Crippen molar-refractivity contribution in [3.63, 3.8) is 0 Å². The van der Waals surface area contributed by atoms with Crippen molar-refractivity contribution in [3.05, 3.63) is 23.5 Å². The molecule has 2 fully saturated rings. The third-order valence-corrected chi connectivity index (χ3v) is 4.24. The van der Waals surface area contributed by atoms with Crippen LogP contribution in [0.15, 0.2) is 23.5 Å². The van der Waals surface area contributed by atoms with Gasteiger partial charge in [-0.05, 0) is 56.4 Å². The summed E-state index contributed by atoms with van der Waals surface area (Å²) in [5.74, 6) is 3.05. The molecule has 2 heteroatoms. The summed E-state index contributed by atoms with van der Waals surface area (Å²) in [7, 11) is 0. The molecular weight excluding hydrogens is 200 g/mol. The molecule has 0 N–H and O–H groups in total. The Morgan fingerprint density at radius 2 is 1.88 bits per heavy atom. The fourth-order valence-corrected chi connectivity index (χ4v) is 3.72. The minimum atomic E-state index is -0.241. The highest BCUT2D eigenvalue weighted by Gasteiger charge is 2.43. The lowest BCUT2D eigenvalue weighted by atomic mass is 9.60. The number of rotatable bonds is 2. The highest BCUT2D eigenvalue weighted by molar-refractivity contribution is 5.87. The van der Waals surface area contributed by atoms with Crippen molar-refractivity contribution in [3.8, 4) is 0 Å². The van der Waals surface area contributed by atoms with Crippen molar-refractivity contribution < 1.29 is 9.53 Å². The molecule has 0 aliphatic heterocycles. The largest absolute Gasteiger partial charge is 0.427 e. The summed E-state index contributed by atoms with van der Waals surface area (Å²) in [6.45, 7) is 5.35. The molecule has 0 radical (unpaired) electrons. The highest BCUT2D eigenvalue weighted by atomic mass is 16.5. The van der Waals surface area contributed by atoms with Crippen LogP contribution in [-0.2, 0) is 9.53 Å². The number of allylic oxidation sites excluding steroid dienone is 2. The molecule has 86 valence electrons. The van der Waals surface area contributed by atoms with E-state index in [1.807, 2.05) is 0 Å². The molecule has 0 saturated heterocycles. The molecule has 4 bridgehead atoms. The van der Waals surface area contributed by atoms with E-state index in [1.54, 1.807) is 6.92 Å². The first-order valence-corrected chi connectivity index (χ1v) is 6.23. The van der Waals surface area contributed by atoms with Gasteiger partial charge < -0.3 is 4.74 Å². The Kier molecular flexibility index (Phi) is 2.20. The molecule has 2 saturated carbocycles. The summed E-state index contributed by atoms with van der Waals surface area (Å²) >= 11 is 0. The molecule has 0 heterocycles. The fraction of sp³-hybridized carbons (Fsp3) is 0.643. The van der Waals surface area contributed by atoms with E-state index in [0.717, 1.165) is 17.6 Å². The maximum absolute atomic E-state index is 11.6. The van der Waals surface area contributed by atoms with Gasteiger partial charge >= 0.3 is 5.97 Å². The number of hydrogen-bond acceptors (Lipinski definition) is 2. The van der Waals surface area contributed by atoms with Gasteiger partial charge in [0.2, 0.25) is 0 Å². The van der Waals surface area contributed by atoms with Gasteiger partial charge in [0, 0.05) is 11.5 Å². The van der Waals surface area contributed by atoms with E-state index in [0.29, 0.717) is 11.5 Å². The van der Waals surface area contributed by atoms with Gasteiger partial charge in [-0.3, -0.25) is 0 Å². The molecule has 0 aromatic rings. The molecule has 2 nitrogen and oxygen atoms in total. The van der Waals surface area contributed by atoms with Crippen LogP contribution in [0.4, 0.5) is 0 Å². The molecule has 4 aliphatic carbocycles. The van der Waals surface area contributed by atoms with Crippen LogP contribution in [0.1, 0.15) is 39.0 Å². The lowest BCUT2D eigenvalue weighted by Gasteiger charge is -2.46. The predicted molar refractivity (Wildman–Crippen MR) is 61.5 cm³/mol. The van der Waals surface area contributed by atoms with Crippen LogP contribution in [0, 0.1) is 17.8 Å². The smallest absolute Gasteiger partial charge is 0.338 e. The van der Waals surface area contributed by atoms with Gasteiger partial charge in [-0.15, -0.1) is 0 Å². The van der Waals surface area contributed by atoms with E-state index in [2.05, 4.69) is 6.58 Å². The van der Waals surface area contributed by atoms with Crippen LogP contribution < -0.4 is 0 Å². The quantitative estimate of drug-likeness (QED) is 0.525. The second kappa shape index (κ2) is 3.47. The van der Waals surface area contributed by atoms with Crippen LogP contribution in [-0.4, -0.2) is 5.97 Å². The monoisotopic (exact) mass is 218 g/mol. The van der Waals surface area contributed by atoms with Gasteiger partial charge in [0.15, 0.2) is 0 Å². The Balaban J connectivity index is 1.85. The molecule has 4 rings (SSSR count). The van der Waals surface area contributed by atoms with E-state index >= 15 is 0 Å². The zero-order valence-corrected chi connectivity index (χ0v) is 9.79. The maximum atomic E-state index is 11.6. The van der Waals surface area contributed by atoms with E-state index in [9.17, 15) is 4.79 Å². The lowest BCUT2D eigenvalue weighted by Crippen LogP contribution is -2.36. The molecule has 4 aliphatic rings. The summed E-state index contributed by atoms with van der Waals surface area (Å²) in [5.41, 5.74) is 1.93. The Morgan fingerprint density at radius 1 is 1.25 bits per heavy atom. The first-order chi connectivity index (χ1) is 7.63. The third kappa shape index (κ3) is 1.51. The zero-order chi connectivity index (χ0) is 11.3. The first-order valence-electron chi connectivity index (χ1n) is 6.23. The summed E-state index contributed by atoms with van der Waals surface area (Å²) in [6.07, 6.45) is 6.22. The van der Waals surface area contributed by atoms with Gasteiger partial charge in [0.05, 0.1) is 0 Å². The molecular formula is C14H18O2. The maximum Gasteiger partial charge on any atom is 0.338 e. The molecule has 0 aromatic carbocycles. The molecule has 0 aromatic heterocycles. The summed E-state index contributed by atoms with van der Waals surface area (Å²) in [5, 5.41) is 0. The average molecular weight is 218 g/mol. The molecule has 2 unspecified atom stereocenters. The lowest BCUT2D eigenvalue weighted by molar-refractivity contribution is -0.137. The van der Waals surface area contributed by atoms with Crippen molar-refractivity contribution in [2.24, 2.45) is 17.8 Å². The Labute approximate surface area is 96.4 Å². The first kappa shape index (κ1) is 10.1. The molecule has 16 heavy (non-hydrogen) atoms. The van der Waals surface area contributed by atoms with Crippen LogP contribution in [0.2, 0.25) is 0 Å². The van der Waals surface area contributed by atoms with Crippen molar-refractivity contribution in [2.45, 2.75) is 39.0 Å². The van der Waals surface area contributed by atoms with Crippen molar-refractivity contribution >= 4 is 5.97 Å². The summed E-state index contributed by atoms with van der Waals surface area (Å²) < 4.78 is 5.53. The van der Waals surface area contributed by atoms with Crippen LogP contribution in [0.5, 0.6) is 0 Å². The average Bonchev–Trinajstić information content (AvgIpc) is 2.21. The van der Waals surface area contributed by atoms with Gasteiger partial charge in [-0.1, -0.05) is 6.58 Å². The molecule has 0 amide bonds. The SMILES string of the molecule is C=C(C)C(=O)OC1=C2CC3CC(C2)CC1C3. The van der Waals surface area contributed by atoms with Gasteiger partial charge in [0.1, 0.15) is 5.76 Å². The normalized spacial score (nSPS) is 35.4. The topological polar surface area (TPSA) is 26.3 Å². The minimum Gasteiger partial charge on any atom is -0.427 e. The summed E-state index contributed by atoms with van der Waals surface area (Å²) in [6, 6.07) is 0. The Hall–Kier alpha value is -1.05. The van der Waals surface area contributed by atoms with Crippen molar-refractivity contribution in [1.82, 2.24) is 0 Å². The highest BCUT2D eigenvalue weighted by Crippen LogP contribution is 2.53. The van der Waals surface area contributed by atoms with Gasteiger partial charge in [-0.25, -0.2) is 4.79 Å². The van der Waals surface area contributed by atoms with E-state index in [1.165, 1.54) is 37.7 Å². The fourth-order valence-electron chi connectivity index (χ4n) is 3.72. The van der Waals surface area contributed by atoms with E-state index in [4.69, 9.17) is 4.74 Å². The number of carbonyl (C=O) groups excluding carboxylic acids is 1. The standard InChI is InChI=1S/C14H18O2/c1-8(2)14(15)16-13-11-4-9-3-10(6-11)7-12(13)5-9/h9-11H,1,3-7H2,2H3. The molecule has 2 atom stereocenters. The van der Waals surface area contributed by atoms with Gasteiger partial charge in [-0.2, -0.15) is 0 Å². The summed E-state index contributed by atoms with van der Waals surface area (Å²) in [4.78, 5) is 11.6. The van der Waals surface area contributed by atoms with Crippen LogP contribution in [0.25, 0.3) is 0 Å². The van der Waals surface area contributed by atoms with E-state index in [-0.39, 0.29) is 5.97 Å². The van der Waals surface area contributed by atoms with Crippen molar-refractivity contribution in [1.29, 1.82) is 0 Å². The van der Waals surface area contributed by atoms with Crippen LogP contribution in [0.3, 0.4) is 0 Å².